The summed E-state index contributed by atoms with van der Waals surface area (Å²) in [7, 11) is 4.69. The topological polar surface area (TPSA) is 44.8 Å². The van der Waals surface area contributed by atoms with Crippen LogP contribution in [0.15, 0.2) is 101 Å². The number of rotatable bonds is 10. The summed E-state index contributed by atoms with van der Waals surface area (Å²) in [6.45, 7) is 0. The number of carbonyl (C=O) groups excluding carboxylic acids is 1. The Morgan fingerprint density at radius 1 is 0.758 bits per heavy atom. The fourth-order valence-corrected chi connectivity index (χ4v) is 4.28. The van der Waals surface area contributed by atoms with Gasteiger partial charge in [0.05, 0.1) is 21.3 Å². The summed E-state index contributed by atoms with van der Waals surface area (Å²) in [5, 5.41) is 0. The van der Waals surface area contributed by atoms with E-state index in [1.165, 1.54) is 18.1 Å². The summed E-state index contributed by atoms with van der Waals surface area (Å²) in [6.07, 6.45) is 4.11. The van der Waals surface area contributed by atoms with Gasteiger partial charge in [0, 0.05) is 16.7 Å². The highest BCUT2D eigenvalue weighted by Gasteiger charge is 2.12. The second-order valence-corrected chi connectivity index (χ2v) is 8.29. The Kier molecular flexibility index (Phi) is 9.21. The van der Waals surface area contributed by atoms with Crippen molar-refractivity contribution in [2.24, 2.45) is 0 Å². The summed E-state index contributed by atoms with van der Waals surface area (Å²) in [5.74, 6) is 2.06. The van der Waals surface area contributed by atoms with Crippen LogP contribution in [-0.2, 0) is 9.53 Å². The van der Waals surface area contributed by atoms with Crippen molar-refractivity contribution in [3.8, 4) is 11.5 Å². The normalized spacial score (nSPS) is 10.6. The summed E-state index contributed by atoms with van der Waals surface area (Å²) in [5.41, 5.74) is 4.17. The third-order valence-corrected chi connectivity index (χ3v) is 6.10. The van der Waals surface area contributed by atoms with Gasteiger partial charge in [-0.2, -0.15) is 0 Å². The average molecular weight is 461 g/mol. The molecule has 0 fully saturated rings. The molecule has 3 aromatic carbocycles. The number of carbonyl (C=O) groups is 1. The number of ether oxygens (including phenoxy) is 3. The van der Waals surface area contributed by atoms with Gasteiger partial charge in [-0.15, -0.1) is 11.8 Å². The van der Waals surface area contributed by atoms with Crippen molar-refractivity contribution in [1.29, 1.82) is 0 Å². The zero-order chi connectivity index (χ0) is 23.5. The minimum Gasteiger partial charge on any atom is -0.497 e. The summed E-state index contributed by atoms with van der Waals surface area (Å²) < 4.78 is 15.5. The fraction of sp³-hybridized carbons (Fsp3) is 0.179. The monoisotopic (exact) mass is 460 g/mol. The summed E-state index contributed by atoms with van der Waals surface area (Å²) >= 11 is 1.78. The molecule has 0 aliphatic heterocycles. The molecule has 0 amide bonds. The molecule has 0 spiro atoms. The Balaban J connectivity index is 2.05. The van der Waals surface area contributed by atoms with Gasteiger partial charge >= 0.3 is 5.97 Å². The standard InChI is InChI=1S/C28H28O4S/c1-30-24-14-9-21(10-15-24)28(22-11-16-25(31-2)17-12-22)23(13-18-27(29)32-3)19-20-33-26-7-5-4-6-8-26/h4-18H,19-20H2,1-3H3/b18-13+. The molecule has 0 unspecified atom stereocenters. The Labute approximate surface area is 199 Å². The van der Waals surface area contributed by atoms with E-state index in [-0.39, 0.29) is 5.97 Å². The molecule has 0 aliphatic rings. The highest BCUT2D eigenvalue weighted by atomic mass is 32.2. The first kappa shape index (κ1) is 24.2. The quantitative estimate of drug-likeness (QED) is 0.151. The van der Waals surface area contributed by atoms with Crippen molar-refractivity contribution in [2.45, 2.75) is 11.3 Å². The van der Waals surface area contributed by atoms with Gasteiger partial charge in [-0.1, -0.05) is 48.5 Å². The number of hydrogen-bond acceptors (Lipinski definition) is 5. The van der Waals surface area contributed by atoms with Crippen LogP contribution in [0.2, 0.25) is 0 Å². The second-order valence-electron chi connectivity index (χ2n) is 7.13. The van der Waals surface area contributed by atoms with Crippen LogP contribution in [0.25, 0.3) is 5.57 Å². The first-order chi connectivity index (χ1) is 16.1. The Hall–Kier alpha value is -3.44. The Morgan fingerprint density at radius 3 is 1.79 bits per heavy atom. The molecule has 3 aromatic rings. The van der Waals surface area contributed by atoms with Crippen LogP contribution in [-0.4, -0.2) is 33.1 Å². The van der Waals surface area contributed by atoms with Crippen molar-refractivity contribution in [3.05, 3.63) is 108 Å². The molecule has 0 bridgehead atoms. The predicted molar refractivity (Wildman–Crippen MR) is 135 cm³/mol. The van der Waals surface area contributed by atoms with E-state index in [2.05, 4.69) is 12.1 Å². The van der Waals surface area contributed by atoms with E-state index in [9.17, 15) is 4.79 Å². The second kappa shape index (κ2) is 12.6. The molecule has 0 aromatic heterocycles. The molecule has 4 nitrogen and oxygen atoms in total. The van der Waals surface area contributed by atoms with Crippen molar-refractivity contribution >= 4 is 23.3 Å². The van der Waals surface area contributed by atoms with Gasteiger partial charge in [0.2, 0.25) is 0 Å². The molecule has 0 radical (unpaired) electrons. The number of benzene rings is 3. The molecule has 5 heteroatoms. The Morgan fingerprint density at radius 2 is 1.30 bits per heavy atom. The van der Waals surface area contributed by atoms with Crippen LogP contribution >= 0.6 is 11.8 Å². The molecular weight excluding hydrogens is 432 g/mol. The lowest BCUT2D eigenvalue weighted by atomic mass is 9.91. The lowest BCUT2D eigenvalue weighted by molar-refractivity contribution is -0.134. The van der Waals surface area contributed by atoms with Crippen molar-refractivity contribution < 1.29 is 19.0 Å². The molecule has 0 N–H and O–H groups in total. The molecule has 0 aliphatic carbocycles. The summed E-state index contributed by atoms with van der Waals surface area (Å²) in [4.78, 5) is 13.1. The predicted octanol–water partition coefficient (Wildman–Crippen LogP) is 6.42. The van der Waals surface area contributed by atoms with Crippen molar-refractivity contribution in [2.75, 3.05) is 27.1 Å². The van der Waals surface area contributed by atoms with E-state index in [0.29, 0.717) is 0 Å². The highest BCUT2D eigenvalue weighted by Crippen LogP contribution is 2.33. The maximum Gasteiger partial charge on any atom is 0.330 e. The molecular formula is C28H28O4S. The van der Waals surface area contributed by atoms with Crippen molar-refractivity contribution in [3.63, 3.8) is 0 Å². The van der Waals surface area contributed by atoms with E-state index in [0.717, 1.165) is 45.9 Å². The van der Waals surface area contributed by atoms with Gasteiger partial charge in [-0.05, 0) is 65.1 Å². The fourth-order valence-electron chi connectivity index (χ4n) is 3.38. The SMILES string of the molecule is COC(=O)/C=C/C(CCSc1ccccc1)=C(c1ccc(OC)cc1)c1ccc(OC)cc1. The number of thioether (sulfide) groups is 1. The minimum atomic E-state index is -0.382. The lowest BCUT2D eigenvalue weighted by Gasteiger charge is -2.16. The van der Waals surface area contributed by atoms with Crippen LogP contribution in [0, 0.1) is 0 Å². The highest BCUT2D eigenvalue weighted by molar-refractivity contribution is 7.99. The molecule has 33 heavy (non-hydrogen) atoms. The van der Waals surface area contributed by atoms with E-state index < -0.39 is 0 Å². The molecule has 0 atom stereocenters. The first-order valence-electron chi connectivity index (χ1n) is 10.6. The van der Waals surface area contributed by atoms with Crippen LogP contribution < -0.4 is 9.47 Å². The Bertz CT molecular complexity index is 1040. The minimum absolute atomic E-state index is 0.382. The van der Waals surface area contributed by atoms with Crippen LogP contribution in [0.4, 0.5) is 0 Å². The maximum atomic E-state index is 11.9. The van der Waals surface area contributed by atoms with Gasteiger partial charge in [0.15, 0.2) is 0 Å². The first-order valence-corrected chi connectivity index (χ1v) is 11.6. The number of methoxy groups -OCH3 is 3. The van der Waals surface area contributed by atoms with E-state index in [1.807, 2.05) is 72.8 Å². The van der Waals surface area contributed by atoms with E-state index in [4.69, 9.17) is 14.2 Å². The number of hydrogen-bond donors (Lipinski definition) is 0. The van der Waals surface area contributed by atoms with Crippen LogP contribution in [0.5, 0.6) is 11.5 Å². The average Bonchev–Trinajstić information content (AvgIpc) is 2.88. The van der Waals surface area contributed by atoms with Crippen LogP contribution in [0.3, 0.4) is 0 Å². The van der Waals surface area contributed by atoms with E-state index in [1.54, 1.807) is 26.0 Å². The number of allylic oxidation sites excluding steroid dienone is 2. The molecule has 170 valence electrons. The molecule has 3 rings (SSSR count). The van der Waals surface area contributed by atoms with Crippen molar-refractivity contribution in [1.82, 2.24) is 0 Å². The smallest absolute Gasteiger partial charge is 0.330 e. The third-order valence-electron chi connectivity index (χ3n) is 5.08. The zero-order valence-corrected chi connectivity index (χ0v) is 19.9. The van der Waals surface area contributed by atoms with Gasteiger partial charge in [-0.3, -0.25) is 0 Å². The third kappa shape index (κ3) is 7.02. The molecule has 0 heterocycles. The van der Waals surface area contributed by atoms with Gasteiger partial charge in [0.25, 0.3) is 0 Å². The number of esters is 1. The molecule has 0 saturated carbocycles. The molecule has 0 saturated heterocycles. The largest absolute Gasteiger partial charge is 0.497 e. The maximum absolute atomic E-state index is 11.9. The lowest BCUT2D eigenvalue weighted by Crippen LogP contribution is -1.99. The van der Waals surface area contributed by atoms with Gasteiger partial charge in [0.1, 0.15) is 11.5 Å². The van der Waals surface area contributed by atoms with E-state index >= 15 is 0 Å². The summed E-state index contributed by atoms with van der Waals surface area (Å²) in [6, 6.07) is 26.2. The van der Waals surface area contributed by atoms with Gasteiger partial charge < -0.3 is 14.2 Å². The van der Waals surface area contributed by atoms with Crippen LogP contribution in [0.1, 0.15) is 17.5 Å². The van der Waals surface area contributed by atoms with Gasteiger partial charge in [-0.25, -0.2) is 4.79 Å². The zero-order valence-electron chi connectivity index (χ0n) is 19.1.